The molecule has 2 aliphatic rings. The molecule has 0 radical (unpaired) electrons. The van der Waals surface area contributed by atoms with Crippen molar-refractivity contribution in [3.8, 4) is 0 Å². The van der Waals surface area contributed by atoms with E-state index in [-0.39, 0.29) is 17.9 Å². The quantitative estimate of drug-likeness (QED) is 0.660. The molecule has 6 nitrogen and oxygen atoms in total. The van der Waals surface area contributed by atoms with Gasteiger partial charge in [0.15, 0.2) is 5.17 Å². The number of methoxy groups -OCH3 is 1. The summed E-state index contributed by atoms with van der Waals surface area (Å²) >= 11 is 1.32. The second kappa shape index (κ2) is 8.96. The highest BCUT2D eigenvalue weighted by molar-refractivity contribution is 8.16. The number of benzene rings is 2. The van der Waals surface area contributed by atoms with Gasteiger partial charge in [-0.15, -0.1) is 0 Å². The molecule has 0 aromatic heterocycles. The van der Waals surface area contributed by atoms with Gasteiger partial charge in [-0.2, -0.15) is 0 Å². The van der Waals surface area contributed by atoms with Crippen molar-refractivity contribution in [2.24, 2.45) is 4.99 Å². The van der Waals surface area contributed by atoms with Gasteiger partial charge in [0.25, 0.3) is 0 Å². The fourth-order valence-corrected chi connectivity index (χ4v) is 4.60. The maximum atomic E-state index is 14.1. The molecule has 1 N–H and O–H groups in total. The SMILES string of the molecule is COC(=O)C1=C(C)N=C2SC=C(CC(=O)Nc3ccc(F)cc3)N2[C@@H]1c1cccc(F)c1. The summed E-state index contributed by atoms with van der Waals surface area (Å²) in [4.78, 5) is 31.6. The van der Waals surface area contributed by atoms with Gasteiger partial charge in [0, 0.05) is 11.4 Å². The topological polar surface area (TPSA) is 71.0 Å². The lowest BCUT2D eigenvalue weighted by Gasteiger charge is -2.36. The van der Waals surface area contributed by atoms with E-state index in [0.29, 0.717) is 27.8 Å². The summed E-state index contributed by atoms with van der Waals surface area (Å²) in [7, 11) is 1.27. The van der Waals surface area contributed by atoms with E-state index < -0.39 is 23.6 Å². The van der Waals surface area contributed by atoms with E-state index in [9.17, 15) is 18.4 Å². The van der Waals surface area contributed by atoms with Crippen LogP contribution in [0.25, 0.3) is 0 Å². The van der Waals surface area contributed by atoms with Crippen molar-refractivity contribution in [2.45, 2.75) is 19.4 Å². The number of ether oxygens (including phenoxy) is 1. The molecule has 0 saturated heterocycles. The zero-order valence-corrected chi connectivity index (χ0v) is 18.1. The Bertz CT molecular complexity index is 1180. The van der Waals surface area contributed by atoms with Crippen molar-refractivity contribution >= 4 is 34.5 Å². The number of amidine groups is 1. The van der Waals surface area contributed by atoms with Gasteiger partial charge in [-0.3, -0.25) is 4.79 Å². The normalized spacial score (nSPS) is 17.5. The molecule has 9 heteroatoms. The molecule has 0 spiro atoms. The van der Waals surface area contributed by atoms with E-state index in [1.54, 1.807) is 29.4 Å². The number of esters is 1. The van der Waals surface area contributed by atoms with Crippen LogP contribution in [0.3, 0.4) is 0 Å². The lowest BCUT2D eigenvalue weighted by molar-refractivity contribution is -0.136. The van der Waals surface area contributed by atoms with Gasteiger partial charge in [0.2, 0.25) is 5.91 Å². The molecule has 2 aromatic rings. The van der Waals surface area contributed by atoms with Crippen molar-refractivity contribution in [3.05, 3.63) is 88.1 Å². The predicted molar refractivity (Wildman–Crippen MR) is 118 cm³/mol. The van der Waals surface area contributed by atoms with Gasteiger partial charge in [-0.1, -0.05) is 23.9 Å². The Morgan fingerprint density at radius 3 is 2.59 bits per heavy atom. The lowest BCUT2D eigenvalue weighted by atomic mass is 9.94. The minimum atomic E-state index is -0.703. The van der Waals surface area contributed by atoms with Gasteiger partial charge < -0.3 is 15.0 Å². The van der Waals surface area contributed by atoms with Gasteiger partial charge in [0.1, 0.15) is 11.6 Å². The maximum absolute atomic E-state index is 14.1. The van der Waals surface area contributed by atoms with Gasteiger partial charge in [-0.25, -0.2) is 18.6 Å². The Morgan fingerprint density at radius 2 is 1.91 bits per heavy atom. The third-order valence-corrected chi connectivity index (χ3v) is 5.93. The number of rotatable bonds is 5. The van der Waals surface area contributed by atoms with Gasteiger partial charge in [0.05, 0.1) is 30.8 Å². The van der Waals surface area contributed by atoms with Crippen molar-refractivity contribution in [2.75, 3.05) is 12.4 Å². The van der Waals surface area contributed by atoms with Crippen molar-refractivity contribution in [3.63, 3.8) is 0 Å². The number of nitrogens with zero attached hydrogens (tertiary/aromatic N) is 2. The Hall–Kier alpha value is -3.46. The Kier molecular flexibility index (Phi) is 6.09. The van der Waals surface area contributed by atoms with Crippen LogP contribution in [-0.4, -0.2) is 29.1 Å². The number of carbonyl (C=O) groups is 2. The molecule has 164 valence electrons. The molecule has 2 aliphatic heterocycles. The predicted octanol–water partition coefficient (Wildman–Crippen LogP) is 4.74. The number of nitrogens with one attached hydrogen (secondary N) is 1. The minimum absolute atomic E-state index is 0.0251. The molecule has 0 saturated carbocycles. The molecule has 2 aromatic carbocycles. The van der Waals surface area contributed by atoms with E-state index in [0.717, 1.165) is 0 Å². The number of fused-ring (bicyclic) bond motifs is 1. The van der Waals surface area contributed by atoms with E-state index >= 15 is 0 Å². The molecule has 0 aliphatic carbocycles. The summed E-state index contributed by atoms with van der Waals surface area (Å²) in [6, 6.07) is 10.7. The van der Waals surface area contributed by atoms with Gasteiger partial charge >= 0.3 is 5.97 Å². The first-order valence-electron chi connectivity index (χ1n) is 9.71. The van der Waals surface area contributed by atoms with Crippen LogP contribution in [-0.2, 0) is 14.3 Å². The standard InChI is InChI=1S/C23H19F2N3O3S/c1-13-20(22(30)31-2)21(14-4-3-5-16(25)10-14)28-18(12-32-23(28)26-13)11-19(29)27-17-8-6-15(24)7-9-17/h3-10,12,21H,11H2,1-2H3,(H,27,29)/t21-/m1/s1. The van der Waals surface area contributed by atoms with Crippen LogP contribution < -0.4 is 5.32 Å². The summed E-state index contributed by atoms with van der Waals surface area (Å²) in [5.74, 6) is -1.75. The largest absolute Gasteiger partial charge is 0.466 e. The third-order valence-electron chi connectivity index (χ3n) is 5.04. The summed E-state index contributed by atoms with van der Waals surface area (Å²) in [6.45, 7) is 1.70. The monoisotopic (exact) mass is 455 g/mol. The van der Waals surface area contributed by atoms with Gasteiger partial charge in [-0.05, 0) is 54.3 Å². The molecule has 0 unspecified atom stereocenters. The summed E-state index contributed by atoms with van der Waals surface area (Å²) in [6.07, 6.45) is -0.0251. The Balaban J connectivity index is 1.66. The molecule has 1 atom stereocenters. The maximum Gasteiger partial charge on any atom is 0.338 e. The van der Waals surface area contributed by atoms with E-state index in [1.807, 2.05) is 0 Å². The van der Waals surface area contributed by atoms with Crippen molar-refractivity contribution in [1.82, 2.24) is 4.90 Å². The molecule has 0 fully saturated rings. The third kappa shape index (κ3) is 4.29. The number of allylic oxidation sites excluding steroid dienone is 1. The lowest BCUT2D eigenvalue weighted by Crippen LogP contribution is -2.37. The minimum Gasteiger partial charge on any atom is -0.466 e. The second-order valence-corrected chi connectivity index (χ2v) is 8.01. The Labute approximate surface area is 187 Å². The number of hydrogen-bond acceptors (Lipinski definition) is 6. The van der Waals surface area contributed by atoms with Crippen LogP contribution >= 0.6 is 11.8 Å². The van der Waals surface area contributed by atoms with Crippen LogP contribution in [0.15, 0.2) is 75.9 Å². The van der Waals surface area contributed by atoms with Crippen LogP contribution in [0.1, 0.15) is 24.9 Å². The number of halogens is 2. The number of amides is 1. The first kappa shape index (κ1) is 21.8. The highest BCUT2D eigenvalue weighted by Gasteiger charge is 2.41. The molecule has 32 heavy (non-hydrogen) atoms. The molecule has 2 heterocycles. The molecule has 4 rings (SSSR count). The highest BCUT2D eigenvalue weighted by atomic mass is 32.2. The molecule has 1 amide bonds. The van der Waals surface area contributed by atoms with Crippen LogP contribution in [0.2, 0.25) is 0 Å². The van der Waals surface area contributed by atoms with E-state index in [4.69, 9.17) is 4.74 Å². The van der Waals surface area contributed by atoms with Crippen molar-refractivity contribution < 1.29 is 23.1 Å². The smallest absolute Gasteiger partial charge is 0.338 e. The van der Waals surface area contributed by atoms with Crippen LogP contribution in [0.5, 0.6) is 0 Å². The van der Waals surface area contributed by atoms with E-state index in [1.165, 1.54) is 55.3 Å². The summed E-state index contributed by atoms with van der Waals surface area (Å²) < 4.78 is 32.2. The fraction of sp³-hybridized carbons (Fsp3) is 0.174. The first-order valence-corrected chi connectivity index (χ1v) is 10.6. The average Bonchev–Trinajstić information content (AvgIpc) is 3.15. The van der Waals surface area contributed by atoms with Crippen molar-refractivity contribution in [1.29, 1.82) is 0 Å². The second-order valence-electron chi connectivity index (χ2n) is 7.17. The number of anilines is 1. The fourth-order valence-electron chi connectivity index (χ4n) is 3.64. The number of hydrogen-bond donors (Lipinski definition) is 1. The zero-order chi connectivity index (χ0) is 22.8. The summed E-state index contributed by atoms with van der Waals surface area (Å²) in [5, 5.41) is 5.08. The van der Waals surface area contributed by atoms with Crippen LogP contribution in [0, 0.1) is 11.6 Å². The average molecular weight is 455 g/mol. The highest BCUT2D eigenvalue weighted by Crippen LogP contribution is 2.44. The number of carbonyl (C=O) groups excluding carboxylic acids is 2. The molecular formula is C23H19F2N3O3S. The molecular weight excluding hydrogens is 436 g/mol. The first-order chi connectivity index (χ1) is 15.4. The Morgan fingerprint density at radius 1 is 1.16 bits per heavy atom. The number of thioether (sulfide) groups is 1. The van der Waals surface area contributed by atoms with E-state index in [2.05, 4.69) is 10.3 Å². The number of aliphatic imine (C=N–C) groups is 1. The molecule has 0 bridgehead atoms. The summed E-state index contributed by atoms with van der Waals surface area (Å²) in [5.41, 5.74) is 2.33. The zero-order valence-electron chi connectivity index (χ0n) is 17.3. The van der Waals surface area contributed by atoms with Crippen LogP contribution in [0.4, 0.5) is 14.5 Å².